The lowest BCUT2D eigenvalue weighted by atomic mass is 10.0. The number of primary amides is 1. The van der Waals surface area contributed by atoms with Crippen LogP contribution in [0.1, 0.15) is 34.8 Å². The second-order valence-corrected chi connectivity index (χ2v) is 5.59. The van der Waals surface area contributed by atoms with Crippen molar-refractivity contribution in [3.05, 3.63) is 69.8 Å². The Kier molecular flexibility index (Phi) is 3.97. The number of nitro groups is 1. The van der Waals surface area contributed by atoms with Crippen molar-refractivity contribution in [1.29, 1.82) is 0 Å². The second-order valence-electron chi connectivity index (χ2n) is 5.59. The summed E-state index contributed by atoms with van der Waals surface area (Å²) in [6, 6.07) is 14.5. The first-order chi connectivity index (χ1) is 11.1. The van der Waals surface area contributed by atoms with Gasteiger partial charge in [0.15, 0.2) is 0 Å². The monoisotopic (exact) mass is 311 g/mol. The van der Waals surface area contributed by atoms with Crippen LogP contribution >= 0.6 is 0 Å². The molecule has 6 nitrogen and oxygen atoms in total. The average Bonchev–Trinajstić information content (AvgIpc) is 3.04. The highest BCUT2D eigenvalue weighted by molar-refractivity contribution is 5.94. The SMILES string of the molecule is NC(=O)c1ccc(N2CCCC2c2ccccc2)c([N+](=O)[O-])c1. The van der Waals surface area contributed by atoms with E-state index in [1.54, 1.807) is 12.1 Å². The number of nitrogens with zero attached hydrogens (tertiary/aromatic N) is 2. The fourth-order valence-electron chi connectivity index (χ4n) is 3.14. The van der Waals surface area contributed by atoms with Crippen LogP contribution in [-0.2, 0) is 0 Å². The molecular formula is C17H17N3O3. The van der Waals surface area contributed by atoms with E-state index in [0.29, 0.717) is 5.69 Å². The van der Waals surface area contributed by atoms with Crippen LogP contribution in [0.15, 0.2) is 48.5 Å². The molecule has 0 aromatic heterocycles. The molecule has 2 N–H and O–H groups in total. The quantitative estimate of drug-likeness (QED) is 0.694. The van der Waals surface area contributed by atoms with Gasteiger partial charge in [-0.05, 0) is 30.5 Å². The van der Waals surface area contributed by atoms with Crippen molar-refractivity contribution in [1.82, 2.24) is 0 Å². The van der Waals surface area contributed by atoms with Crippen molar-refractivity contribution in [2.45, 2.75) is 18.9 Å². The second kappa shape index (κ2) is 6.08. The number of amides is 1. The smallest absolute Gasteiger partial charge is 0.293 e. The fourth-order valence-corrected chi connectivity index (χ4v) is 3.14. The number of hydrogen-bond donors (Lipinski definition) is 1. The van der Waals surface area contributed by atoms with E-state index in [-0.39, 0.29) is 17.3 Å². The number of benzene rings is 2. The highest BCUT2D eigenvalue weighted by Crippen LogP contribution is 2.40. The lowest BCUT2D eigenvalue weighted by Gasteiger charge is -2.27. The Balaban J connectivity index is 2.03. The summed E-state index contributed by atoms with van der Waals surface area (Å²) in [5.74, 6) is -0.666. The van der Waals surface area contributed by atoms with E-state index in [4.69, 9.17) is 5.73 Å². The fraction of sp³-hybridized carbons (Fsp3) is 0.235. The van der Waals surface area contributed by atoms with Gasteiger partial charge in [0.25, 0.3) is 5.69 Å². The van der Waals surface area contributed by atoms with Crippen molar-refractivity contribution in [2.24, 2.45) is 5.73 Å². The van der Waals surface area contributed by atoms with Crippen molar-refractivity contribution >= 4 is 17.3 Å². The van der Waals surface area contributed by atoms with E-state index in [0.717, 1.165) is 24.9 Å². The van der Waals surface area contributed by atoms with Gasteiger partial charge in [0, 0.05) is 18.2 Å². The standard InChI is InChI=1S/C17H17N3O3/c18-17(21)13-8-9-15(16(11-13)20(22)23)19-10-4-7-14(19)12-5-2-1-3-6-12/h1-3,5-6,8-9,11,14H,4,7,10H2,(H2,18,21). The molecule has 0 saturated carbocycles. The third-order valence-electron chi connectivity index (χ3n) is 4.20. The number of carbonyl (C=O) groups is 1. The Morgan fingerprint density at radius 2 is 1.96 bits per heavy atom. The summed E-state index contributed by atoms with van der Waals surface area (Å²) in [5, 5.41) is 11.4. The zero-order valence-corrected chi connectivity index (χ0v) is 12.5. The molecule has 1 saturated heterocycles. The van der Waals surface area contributed by atoms with Gasteiger partial charge in [-0.15, -0.1) is 0 Å². The van der Waals surface area contributed by atoms with Crippen molar-refractivity contribution in [3.63, 3.8) is 0 Å². The molecule has 1 atom stereocenters. The van der Waals surface area contributed by atoms with Gasteiger partial charge in [-0.2, -0.15) is 0 Å². The van der Waals surface area contributed by atoms with E-state index in [2.05, 4.69) is 0 Å². The van der Waals surface area contributed by atoms with Crippen LogP contribution in [0.3, 0.4) is 0 Å². The molecule has 2 aromatic rings. The topological polar surface area (TPSA) is 89.5 Å². The normalized spacial score (nSPS) is 17.2. The lowest BCUT2D eigenvalue weighted by Crippen LogP contribution is -2.23. The minimum atomic E-state index is -0.666. The summed E-state index contributed by atoms with van der Waals surface area (Å²) in [6.45, 7) is 0.746. The number of anilines is 1. The number of carbonyl (C=O) groups excluding carboxylic acids is 1. The van der Waals surface area contributed by atoms with Crippen LogP contribution in [0.25, 0.3) is 0 Å². The summed E-state index contributed by atoms with van der Waals surface area (Å²) in [7, 11) is 0. The molecule has 1 heterocycles. The molecular weight excluding hydrogens is 294 g/mol. The van der Waals surface area contributed by atoms with Gasteiger partial charge >= 0.3 is 0 Å². The molecule has 6 heteroatoms. The van der Waals surface area contributed by atoms with E-state index >= 15 is 0 Å². The Labute approximate surface area is 133 Å². The molecule has 1 unspecified atom stereocenters. The van der Waals surface area contributed by atoms with Gasteiger partial charge in [-0.1, -0.05) is 30.3 Å². The summed E-state index contributed by atoms with van der Waals surface area (Å²) < 4.78 is 0. The third-order valence-corrected chi connectivity index (χ3v) is 4.20. The van der Waals surface area contributed by atoms with Crippen LogP contribution in [0, 0.1) is 10.1 Å². The number of hydrogen-bond acceptors (Lipinski definition) is 4. The van der Waals surface area contributed by atoms with Crippen molar-refractivity contribution < 1.29 is 9.72 Å². The molecule has 0 aliphatic carbocycles. The first-order valence-electron chi connectivity index (χ1n) is 7.48. The van der Waals surface area contributed by atoms with Crippen LogP contribution in [0.5, 0.6) is 0 Å². The van der Waals surface area contributed by atoms with Crippen LogP contribution < -0.4 is 10.6 Å². The molecule has 0 spiro atoms. The number of nitro benzene ring substituents is 1. The summed E-state index contributed by atoms with van der Waals surface area (Å²) >= 11 is 0. The summed E-state index contributed by atoms with van der Waals surface area (Å²) in [4.78, 5) is 24.3. The third kappa shape index (κ3) is 2.88. The maximum Gasteiger partial charge on any atom is 0.293 e. The van der Waals surface area contributed by atoms with Gasteiger partial charge < -0.3 is 10.6 Å². The minimum Gasteiger partial charge on any atom is -0.366 e. The Bertz CT molecular complexity index is 746. The maximum absolute atomic E-state index is 11.4. The van der Waals surface area contributed by atoms with E-state index < -0.39 is 10.8 Å². The van der Waals surface area contributed by atoms with Crippen LogP contribution in [0.2, 0.25) is 0 Å². The summed E-state index contributed by atoms with van der Waals surface area (Å²) in [5.41, 5.74) is 6.97. The molecule has 118 valence electrons. The molecule has 1 aliphatic rings. The Hall–Kier alpha value is -2.89. The zero-order valence-electron chi connectivity index (χ0n) is 12.5. The largest absolute Gasteiger partial charge is 0.366 e. The van der Waals surface area contributed by atoms with Crippen molar-refractivity contribution in [3.8, 4) is 0 Å². The molecule has 23 heavy (non-hydrogen) atoms. The lowest BCUT2D eigenvalue weighted by molar-refractivity contribution is -0.384. The van der Waals surface area contributed by atoms with E-state index in [1.165, 1.54) is 6.07 Å². The van der Waals surface area contributed by atoms with Crippen LogP contribution in [0.4, 0.5) is 11.4 Å². The Morgan fingerprint density at radius 1 is 1.22 bits per heavy atom. The molecule has 0 bridgehead atoms. The summed E-state index contributed by atoms with van der Waals surface area (Å²) in [6.07, 6.45) is 1.91. The van der Waals surface area contributed by atoms with E-state index in [9.17, 15) is 14.9 Å². The molecule has 2 aromatic carbocycles. The number of nitrogens with two attached hydrogens (primary N) is 1. The first-order valence-corrected chi connectivity index (χ1v) is 7.48. The van der Waals surface area contributed by atoms with Crippen LogP contribution in [-0.4, -0.2) is 17.4 Å². The van der Waals surface area contributed by atoms with Gasteiger partial charge in [-0.25, -0.2) is 0 Å². The minimum absolute atomic E-state index is 0.0795. The van der Waals surface area contributed by atoms with Gasteiger partial charge in [-0.3, -0.25) is 14.9 Å². The van der Waals surface area contributed by atoms with Gasteiger partial charge in [0.1, 0.15) is 5.69 Å². The maximum atomic E-state index is 11.4. The highest BCUT2D eigenvalue weighted by Gasteiger charge is 2.31. The van der Waals surface area contributed by atoms with Crippen molar-refractivity contribution in [2.75, 3.05) is 11.4 Å². The van der Waals surface area contributed by atoms with E-state index in [1.807, 2.05) is 35.2 Å². The molecule has 1 fully saturated rings. The Morgan fingerprint density at radius 3 is 2.61 bits per heavy atom. The zero-order chi connectivity index (χ0) is 16.4. The number of rotatable bonds is 4. The average molecular weight is 311 g/mol. The van der Waals surface area contributed by atoms with Gasteiger partial charge in [0.05, 0.1) is 11.0 Å². The molecule has 1 amide bonds. The predicted molar refractivity (Wildman–Crippen MR) is 87.4 cm³/mol. The predicted octanol–water partition coefficient (Wildman–Crippen LogP) is 3.04. The molecule has 3 rings (SSSR count). The van der Waals surface area contributed by atoms with Gasteiger partial charge in [0.2, 0.25) is 5.91 Å². The molecule has 0 radical (unpaired) electrons. The highest BCUT2D eigenvalue weighted by atomic mass is 16.6. The molecule has 1 aliphatic heterocycles. The first kappa shape index (κ1) is 15.0.